The highest BCUT2D eigenvalue weighted by Gasteiger charge is 1.93. The van der Waals surface area contributed by atoms with Crippen LogP contribution in [0, 0.1) is 5.82 Å². The van der Waals surface area contributed by atoms with Crippen LogP contribution in [-0.4, -0.2) is 13.1 Å². The minimum atomic E-state index is -0.157. The number of allylic oxidation sites excluding steroid dienone is 1. The van der Waals surface area contributed by atoms with Crippen LogP contribution in [0.25, 0.3) is 0 Å². The average Bonchev–Trinajstić information content (AvgIpc) is 2.18. The molecule has 0 aliphatic carbocycles. The zero-order valence-corrected chi connectivity index (χ0v) is 8.46. The van der Waals surface area contributed by atoms with Gasteiger partial charge in [0.15, 0.2) is 0 Å². The van der Waals surface area contributed by atoms with E-state index in [9.17, 15) is 4.39 Å². The molecule has 0 amide bonds. The van der Waals surface area contributed by atoms with Crippen LogP contribution in [-0.2, 0) is 6.42 Å². The Morgan fingerprint density at radius 3 is 3.00 bits per heavy atom. The van der Waals surface area contributed by atoms with E-state index in [0.29, 0.717) is 0 Å². The maximum Gasteiger partial charge on any atom is 0.123 e. The van der Waals surface area contributed by atoms with Crippen molar-refractivity contribution in [2.45, 2.75) is 13.3 Å². The van der Waals surface area contributed by atoms with Gasteiger partial charge in [-0.05, 0) is 37.6 Å². The molecule has 0 bridgehead atoms. The minimum Gasteiger partial charge on any atom is -0.313 e. The lowest BCUT2D eigenvalue weighted by atomic mass is 10.1. The fourth-order valence-corrected chi connectivity index (χ4v) is 1.23. The number of hydrogen-bond donors (Lipinski definition) is 1. The van der Waals surface area contributed by atoms with E-state index in [4.69, 9.17) is 0 Å². The fraction of sp³-hybridized carbons (Fsp3) is 0.333. The van der Waals surface area contributed by atoms with E-state index < -0.39 is 0 Å². The summed E-state index contributed by atoms with van der Waals surface area (Å²) in [4.78, 5) is 0. The third-order valence-corrected chi connectivity index (χ3v) is 1.98. The minimum absolute atomic E-state index is 0.157. The summed E-state index contributed by atoms with van der Waals surface area (Å²) < 4.78 is 12.8. The molecule has 1 nitrogen and oxygen atoms in total. The van der Waals surface area contributed by atoms with Crippen LogP contribution in [0.3, 0.4) is 0 Å². The van der Waals surface area contributed by atoms with Gasteiger partial charge in [-0.3, -0.25) is 0 Å². The summed E-state index contributed by atoms with van der Waals surface area (Å²) in [7, 11) is 0. The fourth-order valence-electron chi connectivity index (χ4n) is 1.23. The van der Waals surface area contributed by atoms with Gasteiger partial charge in [0.2, 0.25) is 0 Å². The Morgan fingerprint density at radius 2 is 2.29 bits per heavy atom. The van der Waals surface area contributed by atoms with Crippen LogP contribution in [0.1, 0.15) is 12.5 Å². The first-order valence-electron chi connectivity index (χ1n) is 4.89. The number of hydrogen-bond acceptors (Lipinski definition) is 1. The SMILES string of the molecule is C/C=C/CNCCc1cccc(F)c1. The molecule has 1 aromatic carbocycles. The molecule has 0 aliphatic rings. The third kappa shape index (κ3) is 4.19. The largest absolute Gasteiger partial charge is 0.313 e. The molecule has 0 spiro atoms. The number of rotatable bonds is 5. The Kier molecular flexibility index (Phi) is 4.94. The monoisotopic (exact) mass is 193 g/mol. The normalized spacial score (nSPS) is 11.0. The van der Waals surface area contributed by atoms with E-state index >= 15 is 0 Å². The summed E-state index contributed by atoms with van der Waals surface area (Å²) in [5.74, 6) is -0.157. The van der Waals surface area contributed by atoms with Crippen molar-refractivity contribution in [3.8, 4) is 0 Å². The van der Waals surface area contributed by atoms with Gasteiger partial charge in [-0.2, -0.15) is 0 Å². The molecule has 0 unspecified atom stereocenters. The summed E-state index contributed by atoms with van der Waals surface area (Å²) in [5, 5.41) is 3.24. The van der Waals surface area contributed by atoms with Crippen molar-refractivity contribution < 1.29 is 4.39 Å². The molecule has 0 saturated heterocycles. The van der Waals surface area contributed by atoms with Gasteiger partial charge < -0.3 is 5.32 Å². The molecule has 1 N–H and O–H groups in total. The van der Waals surface area contributed by atoms with E-state index in [1.54, 1.807) is 12.1 Å². The maximum absolute atomic E-state index is 12.8. The zero-order chi connectivity index (χ0) is 10.2. The first-order chi connectivity index (χ1) is 6.83. The molecule has 0 saturated carbocycles. The molecule has 1 aromatic rings. The maximum atomic E-state index is 12.8. The van der Waals surface area contributed by atoms with Crippen LogP contribution in [0.5, 0.6) is 0 Å². The Labute approximate surface area is 84.6 Å². The second kappa shape index (κ2) is 6.33. The van der Waals surface area contributed by atoms with Crippen molar-refractivity contribution in [2.75, 3.05) is 13.1 Å². The lowest BCUT2D eigenvalue weighted by molar-refractivity contribution is 0.624. The van der Waals surface area contributed by atoms with E-state index in [2.05, 4.69) is 11.4 Å². The van der Waals surface area contributed by atoms with Gasteiger partial charge in [-0.1, -0.05) is 24.3 Å². The number of halogens is 1. The Balaban J connectivity index is 2.24. The Bertz CT molecular complexity index is 294. The Morgan fingerprint density at radius 1 is 1.43 bits per heavy atom. The van der Waals surface area contributed by atoms with E-state index in [-0.39, 0.29) is 5.82 Å². The van der Waals surface area contributed by atoms with Crippen LogP contribution in [0.2, 0.25) is 0 Å². The van der Waals surface area contributed by atoms with Crippen LogP contribution >= 0.6 is 0 Å². The van der Waals surface area contributed by atoms with Gasteiger partial charge in [0, 0.05) is 6.54 Å². The highest BCUT2D eigenvalue weighted by Crippen LogP contribution is 2.03. The van der Waals surface area contributed by atoms with Gasteiger partial charge in [-0.15, -0.1) is 0 Å². The van der Waals surface area contributed by atoms with E-state index in [0.717, 1.165) is 25.1 Å². The highest BCUT2D eigenvalue weighted by molar-refractivity contribution is 5.16. The van der Waals surface area contributed by atoms with Crippen molar-refractivity contribution >= 4 is 0 Å². The van der Waals surface area contributed by atoms with Crippen molar-refractivity contribution in [3.05, 3.63) is 47.8 Å². The van der Waals surface area contributed by atoms with Gasteiger partial charge in [0.25, 0.3) is 0 Å². The molecular formula is C12H16FN. The first-order valence-corrected chi connectivity index (χ1v) is 4.89. The summed E-state index contributed by atoms with van der Waals surface area (Å²) >= 11 is 0. The Hall–Kier alpha value is -1.15. The average molecular weight is 193 g/mol. The molecular weight excluding hydrogens is 177 g/mol. The molecule has 0 aromatic heterocycles. The van der Waals surface area contributed by atoms with Crippen molar-refractivity contribution in [1.82, 2.24) is 5.32 Å². The van der Waals surface area contributed by atoms with Gasteiger partial charge >= 0.3 is 0 Å². The second-order valence-electron chi connectivity index (χ2n) is 3.15. The first kappa shape index (κ1) is 10.9. The summed E-state index contributed by atoms with van der Waals surface area (Å²) in [6.07, 6.45) is 4.94. The van der Waals surface area contributed by atoms with Crippen LogP contribution in [0.15, 0.2) is 36.4 Å². The van der Waals surface area contributed by atoms with Crippen molar-refractivity contribution in [2.24, 2.45) is 0 Å². The molecule has 0 aliphatic heterocycles. The summed E-state index contributed by atoms with van der Waals surface area (Å²) in [6.45, 7) is 3.76. The van der Waals surface area contributed by atoms with E-state index in [1.807, 2.05) is 19.1 Å². The van der Waals surface area contributed by atoms with E-state index in [1.165, 1.54) is 6.07 Å². The molecule has 1 rings (SSSR count). The smallest absolute Gasteiger partial charge is 0.123 e. The van der Waals surface area contributed by atoms with Gasteiger partial charge in [-0.25, -0.2) is 4.39 Å². The lowest BCUT2D eigenvalue weighted by Crippen LogP contribution is -2.16. The summed E-state index contributed by atoms with van der Waals surface area (Å²) in [6, 6.07) is 6.74. The number of benzene rings is 1. The molecule has 0 fully saturated rings. The quantitative estimate of drug-likeness (QED) is 0.559. The molecule has 14 heavy (non-hydrogen) atoms. The summed E-state index contributed by atoms with van der Waals surface area (Å²) in [5.41, 5.74) is 1.04. The van der Waals surface area contributed by atoms with Gasteiger partial charge in [0.1, 0.15) is 5.82 Å². The van der Waals surface area contributed by atoms with Crippen molar-refractivity contribution in [1.29, 1.82) is 0 Å². The van der Waals surface area contributed by atoms with Crippen molar-refractivity contribution in [3.63, 3.8) is 0 Å². The second-order valence-corrected chi connectivity index (χ2v) is 3.15. The van der Waals surface area contributed by atoms with Crippen LogP contribution in [0.4, 0.5) is 4.39 Å². The third-order valence-electron chi connectivity index (χ3n) is 1.98. The topological polar surface area (TPSA) is 12.0 Å². The standard InChI is InChI=1S/C12H16FN/c1-2-3-8-14-9-7-11-5-4-6-12(13)10-11/h2-6,10,14H,7-9H2,1H3/b3-2+. The van der Waals surface area contributed by atoms with Crippen LogP contribution < -0.4 is 5.32 Å². The molecule has 2 heteroatoms. The molecule has 76 valence electrons. The zero-order valence-electron chi connectivity index (χ0n) is 8.46. The number of nitrogens with one attached hydrogen (secondary N) is 1. The predicted molar refractivity (Wildman–Crippen MR) is 57.8 cm³/mol. The molecule has 0 heterocycles. The molecule has 0 radical (unpaired) electrons. The lowest BCUT2D eigenvalue weighted by Gasteiger charge is -2.02. The highest BCUT2D eigenvalue weighted by atomic mass is 19.1. The molecule has 0 atom stereocenters. The predicted octanol–water partition coefficient (Wildman–Crippen LogP) is 2.53. The van der Waals surface area contributed by atoms with Gasteiger partial charge in [0.05, 0.1) is 0 Å².